The summed E-state index contributed by atoms with van der Waals surface area (Å²) in [4.78, 5) is 8.13. The van der Waals surface area contributed by atoms with Crippen LogP contribution in [0.15, 0.2) is 58.9 Å². The average Bonchev–Trinajstić information content (AvgIpc) is 3.79. The largest absolute Gasteiger partial charge is 0.263 e. The maximum atomic E-state index is 9.41. The van der Waals surface area contributed by atoms with Gasteiger partial charge in [-0.25, -0.2) is 10.1 Å². The molecular formula is C38H30N4S2. The highest BCUT2D eigenvalue weighted by Crippen LogP contribution is 2.64. The van der Waals surface area contributed by atoms with E-state index in [4.69, 9.17) is 6.57 Å². The first-order valence-electron chi connectivity index (χ1n) is 15.7. The Balaban J connectivity index is 1.26. The Hall–Kier alpha value is -4.20. The van der Waals surface area contributed by atoms with E-state index in [1.165, 1.54) is 81.7 Å². The van der Waals surface area contributed by atoms with Crippen molar-refractivity contribution in [1.82, 2.24) is 0 Å². The topological polar surface area (TPSA) is 75.7 Å². The van der Waals surface area contributed by atoms with Gasteiger partial charge in [-0.3, -0.25) is 0 Å². The summed E-state index contributed by atoms with van der Waals surface area (Å²) in [5.74, 6) is 0.600. The third-order valence-electron chi connectivity index (χ3n) is 11.0. The van der Waals surface area contributed by atoms with Crippen LogP contribution in [0, 0.1) is 52.4 Å². The van der Waals surface area contributed by atoms with Crippen LogP contribution in [-0.2, 0) is 10.8 Å². The van der Waals surface area contributed by atoms with E-state index in [9.17, 15) is 15.8 Å². The van der Waals surface area contributed by atoms with Crippen molar-refractivity contribution in [2.75, 3.05) is 0 Å². The maximum absolute atomic E-state index is 9.41. The SMILES string of the molecule is [C-]#[N+]/C(C#N)=C/c1cc2c(s1)C1=CC3C=C4C(=CC3C=C1C21CCCCC1)c1sc(C=C(C#N)C#N)cc1C41CCCCC1. The Bertz CT molecular complexity index is 1800. The van der Waals surface area contributed by atoms with Crippen LogP contribution < -0.4 is 0 Å². The van der Waals surface area contributed by atoms with E-state index in [0.29, 0.717) is 11.8 Å². The number of nitrogens with zero attached hydrogens (tertiary/aromatic N) is 4. The van der Waals surface area contributed by atoms with Crippen molar-refractivity contribution in [1.29, 1.82) is 15.8 Å². The zero-order chi connectivity index (χ0) is 30.1. The monoisotopic (exact) mass is 606 g/mol. The van der Waals surface area contributed by atoms with Crippen molar-refractivity contribution >= 4 is 46.0 Å². The van der Waals surface area contributed by atoms with Crippen LogP contribution in [0.4, 0.5) is 0 Å². The Morgan fingerprint density at radius 2 is 1.18 bits per heavy atom. The van der Waals surface area contributed by atoms with Gasteiger partial charge in [0.25, 0.3) is 5.70 Å². The molecule has 0 aromatic carbocycles. The number of fused-ring (bicyclic) bond motifs is 11. The van der Waals surface area contributed by atoms with Crippen molar-refractivity contribution in [3.8, 4) is 18.2 Å². The third-order valence-corrected chi connectivity index (χ3v) is 13.2. The maximum Gasteiger partial charge on any atom is 0.263 e. The fourth-order valence-electron chi connectivity index (χ4n) is 9.11. The van der Waals surface area contributed by atoms with Crippen molar-refractivity contribution in [3.05, 3.63) is 101 Å². The van der Waals surface area contributed by atoms with Gasteiger partial charge in [0.1, 0.15) is 17.7 Å². The normalized spacial score (nSPS) is 24.9. The summed E-state index contributed by atoms with van der Waals surface area (Å²) >= 11 is 3.49. The molecule has 44 heavy (non-hydrogen) atoms. The molecule has 2 atom stereocenters. The van der Waals surface area contributed by atoms with Gasteiger partial charge >= 0.3 is 0 Å². The summed E-state index contributed by atoms with van der Waals surface area (Å²) in [6.45, 7) is 7.38. The van der Waals surface area contributed by atoms with Crippen LogP contribution in [-0.4, -0.2) is 0 Å². The Morgan fingerprint density at radius 1 is 0.705 bits per heavy atom. The quantitative estimate of drug-likeness (QED) is 0.252. The minimum Gasteiger partial charge on any atom is -0.227 e. The van der Waals surface area contributed by atoms with Crippen LogP contribution in [0.1, 0.15) is 94.8 Å². The lowest BCUT2D eigenvalue weighted by Gasteiger charge is -2.40. The minimum atomic E-state index is 0.0225. The van der Waals surface area contributed by atoms with Crippen molar-refractivity contribution in [2.24, 2.45) is 11.8 Å². The molecule has 2 saturated carbocycles. The summed E-state index contributed by atoms with van der Waals surface area (Å²) in [7, 11) is 0. The van der Waals surface area contributed by atoms with Crippen LogP contribution >= 0.6 is 22.7 Å². The fourth-order valence-corrected chi connectivity index (χ4v) is 11.6. The molecule has 6 heteroatoms. The standard InChI is InChI=1S/C38H30N4S2/c1-42-26(22-41)17-28-19-34-36(44-28)30-14-25-15-31-29(13-24(25)16-32(30)38(34)10-6-3-7-11-38)35-33(37(31)8-4-2-5-9-37)18-27(43-35)12-23(20-39)21-40/h12-19,24-25H,2-11H2/b26-17+. The first-order chi connectivity index (χ1) is 21.5. The summed E-state index contributed by atoms with van der Waals surface area (Å²) in [5.41, 5.74) is 8.96. The molecule has 0 bridgehead atoms. The number of nitriles is 3. The number of hydrogen-bond donors (Lipinski definition) is 0. The number of allylic oxidation sites excluding steroid dienone is 10. The summed E-state index contributed by atoms with van der Waals surface area (Å²) in [5, 5.41) is 28.2. The first-order valence-corrected chi connectivity index (χ1v) is 17.4. The molecule has 0 N–H and O–H groups in total. The molecule has 2 aromatic rings. The van der Waals surface area contributed by atoms with Gasteiger partial charge in [0.05, 0.1) is 12.6 Å². The van der Waals surface area contributed by atoms with Crippen molar-refractivity contribution in [3.63, 3.8) is 0 Å². The van der Waals surface area contributed by atoms with Crippen LogP contribution in [0.5, 0.6) is 0 Å². The van der Waals surface area contributed by atoms with Gasteiger partial charge in [-0.2, -0.15) is 10.5 Å². The average molecular weight is 607 g/mol. The van der Waals surface area contributed by atoms with Crippen molar-refractivity contribution < 1.29 is 0 Å². The van der Waals surface area contributed by atoms with E-state index in [0.717, 1.165) is 35.4 Å². The predicted octanol–water partition coefficient (Wildman–Crippen LogP) is 10.0. The molecule has 0 radical (unpaired) electrons. The minimum absolute atomic E-state index is 0.0225. The van der Waals surface area contributed by atoms with Crippen LogP contribution in [0.2, 0.25) is 0 Å². The van der Waals surface area contributed by atoms with E-state index in [-0.39, 0.29) is 22.1 Å². The zero-order valence-corrected chi connectivity index (χ0v) is 26.1. The second-order valence-electron chi connectivity index (χ2n) is 13.1. The van der Waals surface area contributed by atoms with Gasteiger partial charge in [0.2, 0.25) is 0 Å². The second kappa shape index (κ2) is 10.2. The molecule has 6 aliphatic rings. The summed E-state index contributed by atoms with van der Waals surface area (Å²) in [6.07, 6.45) is 25.9. The third kappa shape index (κ3) is 3.82. The van der Waals surface area contributed by atoms with Gasteiger partial charge in [0.15, 0.2) is 0 Å². The molecule has 214 valence electrons. The van der Waals surface area contributed by atoms with Gasteiger partial charge < -0.3 is 0 Å². The Labute approximate surface area is 266 Å². The van der Waals surface area contributed by atoms with Crippen LogP contribution in [0.25, 0.3) is 28.1 Å². The lowest BCUT2D eigenvalue weighted by atomic mass is 9.63. The predicted molar refractivity (Wildman–Crippen MR) is 177 cm³/mol. The molecule has 0 saturated heterocycles. The second-order valence-corrected chi connectivity index (χ2v) is 15.2. The number of hydrogen-bond acceptors (Lipinski definition) is 5. The lowest BCUT2D eigenvalue weighted by molar-refractivity contribution is 0.347. The Morgan fingerprint density at radius 3 is 1.61 bits per heavy atom. The number of thiophene rings is 2. The molecule has 2 fully saturated rings. The smallest absolute Gasteiger partial charge is 0.227 e. The lowest BCUT2D eigenvalue weighted by Crippen LogP contribution is -2.31. The molecule has 2 spiro atoms. The molecule has 2 aromatic heterocycles. The van der Waals surface area contributed by atoms with E-state index in [1.807, 2.05) is 18.2 Å². The molecular weight excluding hydrogens is 577 g/mol. The van der Waals surface area contributed by atoms with E-state index >= 15 is 0 Å². The highest BCUT2D eigenvalue weighted by atomic mass is 32.1. The van der Waals surface area contributed by atoms with Gasteiger partial charge in [-0.1, -0.05) is 62.8 Å². The van der Waals surface area contributed by atoms with Gasteiger partial charge in [-0.05, 0) is 83.4 Å². The molecule has 0 amide bonds. The fraction of sp³-hybridized carbons (Fsp3) is 0.368. The molecule has 2 heterocycles. The van der Waals surface area contributed by atoms with Crippen molar-refractivity contribution in [2.45, 2.75) is 75.0 Å². The van der Waals surface area contributed by atoms with Crippen LogP contribution in [0.3, 0.4) is 0 Å². The van der Waals surface area contributed by atoms with Gasteiger partial charge in [0, 0.05) is 42.2 Å². The molecule has 6 aliphatic carbocycles. The number of rotatable bonds is 2. The van der Waals surface area contributed by atoms with Gasteiger partial charge in [-0.15, -0.1) is 22.7 Å². The van der Waals surface area contributed by atoms with E-state index < -0.39 is 0 Å². The highest BCUT2D eigenvalue weighted by Gasteiger charge is 2.52. The molecule has 8 rings (SSSR count). The summed E-state index contributed by atoms with van der Waals surface area (Å²) in [6, 6.07) is 10.7. The molecule has 2 unspecified atom stereocenters. The zero-order valence-electron chi connectivity index (χ0n) is 24.4. The molecule has 0 aliphatic heterocycles. The molecule has 4 nitrogen and oxygen atoms in total. The van der Waals surface area contributed by atoms with E-state index in [2.05, 4.69) is 41.3 Å². The Kier molecular flexibility index (Phi) is 6.33. The highest BCUT2D eigenvalue weighted by molar-refractivity contribution is 7.14. The van der Waals surface area contributed by atoms with E-state index in [1.54, 1.807) is 34.8 Å². The summed E-state index contributed by atoms with van der Waals surface area (Å²) < 4.78 is 0. The first kappa shape index (κ1) is 27.4.